The van der Waals surface area contributed by atoms with Crippen molar-refractivity contribution in [2.24, 2.45) is 11.8 Å². The van der Waals surface area contributed by atoms with Crippen molar-refractivity contribution >= 4 is 5.91 Å². The zero-order chi connectivity index (χ0) is 13.0. The van der Waals surface area contributed by atoms with Crippen LogP contribution in [0.1, 0.15) is 26.0 Å². The molecule has 0 saturated carbocycles. The molecule has 1 aliphatic heterocycles. The molecular weight excluding hydrogens is 228 g/mol. The minimum atomic E-state index is 0.250. The molecule has 0 radical (unpaired) electrons. The summed E-state index contributed by atoms with van der Waals surface area (Å²) in [5.41, 5.74) is 0. The first-order chi connectivity index (χ1) is 8.65. The summed E-state index contributed by atoms with van der Waals surface area (Å²) in [6.45, 7) is 7.53. The fraction of sp³-hybridized carbons (Fsp3) is 0.643. The van der Waals surface area contributed by atoms with E-state index in [1.807, 2.05) is 22.3 Å². The molecule has 1 fully saturated rings. The summed E-state index contributed by atoms with van der Waals surface area (Å²) in [6.07, 6.45) is 2.90. The second-order valence-corrected chi connectivity index (χ2v) is 5.52. The number of hydrogen-bond donors (Lipinski definition) is 1. The minimum absolute atomic E-state index is 0.250. The average Bonchev–Trinajstić information content (AvgIpc) is 2.80. The van der Waals surface area contributed by atoms with E-state index in [9.17, 15) is 4.79 Å². The van der Waals surface area contributed by atoms with Crippen molar-refractivity contribution in [3.63, 3.8) is 0 Å². The van der Waals surface area contributed by atoms with Gasteiger partial charge in [0.25, 0.3) is 5.91 Å². The van der Waals surface area contributed by atoms with Crippen molar-refractivity contribution in [3.05, 3.63) is 24.2 Å². The summed E-state index contributed by atoms with van der Waals surface area (Å²) in [7, 11) is 0. The number of hydrogen-bond acceptors (Lipinski definition) is 2. The molecule has 2 atom stereocenters. The Bertz CT molecular complexity index is 365. The summed E-state index contributed by atoms with van der Waals surface area (Å²) < 4.78 is 5.24. The van der Waals surface area contributed by atoms with Gasteiger partial charge in [-0.15, -0.1) is 0 Å². The number of carbonyl (C=O) groups is 1. The first-order valence-corrected chi connectivity index (χ1v) is 6.77. The van der Waals surface area contributed by atoms with Gasteiger partial charge in [0.2, 0.25) is 0 Å². The number of quaternary nitrogens is 1. The third-order valence-electron chi connectivity index (χ3n) is 3.47. The Labute approximate surface area is 108 Å². The average molecular weight is 251 g/mol. The van der Waals surface area contributed by atoms with E-state index in [2.05, 4.69) is 13.8 Å². The SMILES string of the molecule is C[C@@H]1C[C@@H](C)CN(C(=O)C[NH2+]Cc2ccco2)C1. The highest BCUT2D eigenvalue weighted by atomic mass is 16.3. The van der Waals surface area contributed by atoms with Crippen molar-refractivity contribution in [1.82, 2.24) is 4.90 Å². The van der Waals surface area contributed by atoms with Gasteiger partial charge in [-0.05, 0) is 30.4 Å². The molecule has 0 aliphatic carbocycles. The molecule has 2 heterocycles. The summed E-state index contributed by atoms with van der Waals surface area (Å²) in [6, 6.07) is 3.81. The molecule has 0 spiro atoms. The molecule has 2 N–H and O–H groups in total. The topological polar surface area (TPSA) is 50.1 Å². The van der Waals surface area contributed by atoms with E-state index < -0.39 is 0 Å². The lowest BCUT2D eigenvalue weighted by atomic mass is 9.92. The van der Waals surface area contributed by atoms with Crippen LogP contribution in [0.25, 0.3) is 0 Å². The van der Waals surface area contributed by atoms with Crippen LogP contribution in [0, 0.1) is 11.8 Å². The van der Waals surface area contributed by atoms with Gasteiger partial charge in [0.1, 0.15) is 6.54 Å². The van der Waals surface area contributed by atoms with Gasteiger partial charge >= 0.3 is 0 Å². The Morgan fingerprint density at radius 1 is 1.44 bits per heavy atom. The predicted molar refractivity (Wildman–Crippen MR) is 68.7 cm³/mol. The Kier molecular flexibility index (Phi) is 4.42. The van der Waals surface area contributed by atoms with Gasteiger partial charge in [0.15, 0.2) is 12.3 Å². The number of piperidine rings is 1. The molecule has 1 aliphatic rings. The van der Waals surface area contributed by atoms with Crippen LogP contribution in [-0.4, -0.2) is 30.4 Å². The van der Waals surface area contributed by atoms with Crippen molar-refractivity contribution < 1.29 is 14.5 Å². The third kappa shape index (κ3) is 3.60. The van der Waals surface area contributed by atoms with E-state index in [1.54, 1.807) is 6.26 Å². The Morgan fingerprint density at radius 2 is 2.17 bits per heavy atom. The quantitative estimate of drug-likeness (QED) is 0.862. The molecule has 0 unspecified atom stereocenters. The van der Waals surface area contributed by atoms with Crippen molar-refractivity contribution in [1.29, 1.82) is 0 Å². The van der Waals surface area contributed by atoms with Gasteiger partial charge in [-0.1, -0.05) is 13.8 Å². The fourth-order valence-corrected chi connectivity index (χ4v) is 2.76. The van der Waals surface area contributed by atoms with E-state index in [4.69, 9.17) is 4.42 Å². The third-order valence-corrected chi connectivity index (χ3v) is 3.47. The molecule has 4 heteroatoms. The number of likely N-dealkylation sites (tertiary alicyclic amines) is 1. The van der Waals surface area contributed by atoms with Crippen LogP contribution in [0.5, 0.6) is 0 Å². The lowest BCUT2D eigenvalue weighted by molar-refractivity contribution is -0.662. The minimum Gasteiger partial charge on any atom is -0.463 e. The molecule has 2 rings (SSSR count). The maximum Gasteiger partial charge on any atom is 0.277 e. The van der Waals surface area contributed by atoms with Crippen LogP contribution in [0.2, 0.25) is 0 Å². The van der Waals surface area contributed by atoms with Crippen LogP contribution in [0.3, 0.4) is 0 Å². The lowest BCUT2D eigenvalue weighted by Gasteiger charge is -2.34. The van der Waals surface area contributed by atoms with E-state index in [-0.39, 0.29) is 5.91 Å². The molecule has 4 nitrogen and oxygen atoms in total. The lowest BCUT2D eigenvalue weighted by Crippen LogP contribution is -2.85. The van der Waals surface area contributed by atoms with Gasteiger partial charge in [-0.2, -0.15) is 0 Å². The highest BCUT2D eigenvalue weighted by Gasteiger charge is 2.25. The zero-order valence-corrected chi connectivity index (χ0v) is 11.3. The van der Waals surface area contributed by atoms with Crippen LogP contribution in [-0.2, 0) is 11.3 Å². The van der Waals surface area contributed by atoms with E-state index in [0.717, 1.165) is 25.4 Å². The number of nitrogens with zero attached hydrogens (tertiary/aromatic N) is 1. The van der Waals surface area contributed by atoms with E-state index >= 15 is 0 Å². The molecule has 0 bridgehead atoms. The standard InChI is InChI=1S/C14H22N2O2/c1-11-6-12(2)10-16(9-11)14(17)8-15-7-13-4-3-5-18-13/h3-5,11-12,15H,6-10H2,1-2H3/p+1/t11-,12-/m1/s1. The Balaban J connectivity index is 1.74. The van der Waals surface area contributed by atoms with Crippen molar-refractivity contribution in [3.8, 4) is 0 Å². The summed E-state index contributed by atoms with van der Waals surface area (Å²) in [5, 5.41) is 2.01. The number of amides is 1. The number of nitrogens with two attached hydrogens (primary N) is 1. The van der Waals surface area contributed by atoms with Gasteiger partial charge < -0.3 is 14.6 Å². The highest BCUT2D eigenvalue weighted by molar-refractivity contribution is 5.77. The highest BCUT2D eigenvalue weighted by Crippen LogP contribution is 2.20. The van der Waals surface area contributed by atoms with E-state index in [0.29, 0.717) is 18.4 Å². The number of furan rings is 1. The largest absolute Gasteiger partial charge is 0.463 e. The van der Waals surface area contributed by atoms with Crippen molar-refractivity contribution in [2.75, 3.05) is 19.6 Å². The first-order valence-electron chi connectivity index (χ1n) is 6.77. The Hall–Kier alpha value is -1.29. The first kappa shape index (κ1) is 13.1. The second kappa shape index (κ2) is 6.05. The molecule has 0 aromatic carbocycles. The normalized spacial score (nSPS) is 24.2. The maximum atomic E-state index is 12.1. The number of rotatable bonds is 4. The van der Waals surface area contributed by atoms with E-state index in [1.165, 1.54) is 6.42 Å². The van der Waals surface area contributed by atoms with Gasteiger partial charge in [0, 0.05) is 13.1 Å². The second-order valence-electron chi connectivity index (χ2n) is 5.52. The zero-order valence-electron chi connectivity index (χ0n) is 11.3. The van der Waals surface area contributed by atoms with Crippen LogP contribution < -0.4 is 5.32 Å². The molecule has 1 amide bonds. The van der Waals surface area contributed by atoms with Gasteiger partial charge in [0.05, 0.1) is 6.26 Å². The van der Waals surface area contributed by atoms with Crippen LogP contribution in [0.15, 0.2) is 22.8 Å². The molecule has 100 valence electrons. The van der Waals surface area contributed by atoms with Gasteiger partial charge in [-0.25, -0.2) is 0 Å². The number of carbonyl (C=O) groups excluding carboxylic acids is 1. The van der Waals surface area contributed by atoms with Crippen LogP contribution in [0.4, 0.5) is 0 Å². The molecule has 1 aromatic rings. The Morgan fingerprint density at radius 3 is 2.78 bits per heavy atom. The molecule has 1 saturated heterocycles. The van der Waals surface area contributed by atoms with Gasteiger partial charge in [-0.3, -0.25) is 4.79 Å². The van der Waals surface area contributed by atoms with Crippen molar-refractivity contribution in [2.45, 2.75) is 26.8 Å². The molecule has 1 aromatic heterocycles. The summed E-state index contributed by atoms with van der Waals surface area (Å²) >= 11 is 0. The monoisotopic (exact) mass is 251 g/mol. The summed E-state index contributed by atoms with van der Waals surface area (Å²) in [4.78, 5) is 14.1. The fourth-order valence-electron chi connectivity index (χ4n) is 2.76. The van der Waals surface area contributed by atoms with Crippen LogP contribution >= 0.6 is 0 Å². The molecule has 18 heavy (non-hydrogen) atoms. The molecular formula is C14H23N2O2+. The smallest absolute Gasteiger partial charge is 0.277 e. The maximum absolute atomic E-state index is 12.1. The summed E-state index contributed by atoms with van der Waals surface area (Å²) in [5.74, 6) is 2.42. The predicted octanol–water partition coefficient (Wildman–Crippen LogP) is 0.848.